The molecule has 0 saturated heterocycles. The third-order valence-corrected chi connectivity index (χ3v) is 2.74. The van der Waals surface area contributed by atoms with Gasteiger partial charge in [-0.3, -0.25) is 4.79 Å². The van der Waals surface area contributed by atoms with E-state index in [4.69, 9.17) is 14.9 Å². The van der Waals surface area contributed by atoms with Crippen LogP contribution in [-0.2, 0) is 9.59 Å². The van der Waals surface area contributed by atoms with Gasteiger partial charge in [0, 0.05) is 18.4 Å². The lowest BCUT2D eigenvalue weighted by atomic mass is 10.2. The second kappa shape index (κ2) is 13.9. The molecule has 132 valence electrons. The van der Waals surface area contributed by atoms with E-state index in [1.165, 1.54) is 19.3 Å². The van der Waals surface area contributed by atoms with Crippen molar-refractivity contribution in [1.29, 1.82) is 0 Å². The van der Waals surface area contributed by atoms with Gasteiger partial charge in [-0.2, -0.15) is 0 Å². The Morgan fingerprint density at radius 2 is 1.92 bits per heavy atom. The Labute approximate surface area is 142 Å². The fraction of sp³-hybridized carbons (Fsp3) is 0.444. The van der Waals surface area contributed by atoms with Crippen molar-refractivity contribution in [2.75, 3.05) is 6.61 Å². The molecule has 0 saturated carbocycles. The molecule has 0 aromatic heterocycles. The molecule has 1 rings (SSSR count). The van der Waals surface area contributed by atoms with Crippen LogP contribution in [0.2, 0.25) is 0 Å². The monoisotopic (exact) mass is 336 g/mol. The summed E-state index contributed by atoms with van der Waals surface area (Å²) in [6.45, 7) is 2.93. The molecule has 0 unspecified atom stereocenters. The third kappa shape index (κ3) is 14.3. The van der Waals surface area contributed by atoms with Crippen LogP contribution in [0.1, 0.15) is 45.4 Å². The zero-order valence-corrected chi connectivity index (χ0v) is 13.8. The van der Waals surface area contributed by atoms with Crippen LogP contribution in [0.25, 0.3) is 0 Å². The quantitative estimate of drug-likeness (QED) is 0.497. The van der Waals surface area contributed by atoms with E-state index in [-0.39, 0.29) is 18.6 Å². The van der Waals surface area contributed by atoms with E-state index in [0.29, 0.717) is 0 Å². The number of aliphatic carboxylic acids is 2. The first-order valence-corrected chi connectivity index (χ1v) is 7.81. The minimum absolute atomic E-state index is 0.0850. The molecule has 1 aromatic carbocycles. The topological polar surface area (TPSA) is 104 Å². The Kier molecular flexibility index (Phi) is 12.4. The van der Waals surface area contributed by atoms with Crippen molar-refractivity contribution >= 4 is 11.9 Å². The van der Waals surface area contributed by atoms with Crippen molar-refractivity contribution < 1.29 is 29.6 Å². The first-order chi connectivity index (χ1) is 11.5. The van der Waals surface area contributed by atoms with Gasteiger partial charge in [-0.05, 0) is 18.6 Å². The minimum atomic E-state index is -1.23. The molecule has 6 heteroatoms. The molecule has 0 spiro atoms. The summed E-state index contributed by atoms with van der Waals surface area (Å²) in [6, 6.07) is 6.93. The Morgan fingerprint density at radius 1 is 1.17 bits per heavy atom. The molecule has 3 N–H and O–H groups in total. The van der Waals surface area contributed by atoms with E-state index in [1.54, 1.807) is 24.1 Å². The number of phenols is 1. The van der Waals surface area contributed by atoms with Gasteiger partial charge >= 0.3 is 11.9 Å². The number of carboxylic acid groups (broad SMARTS) is 2. The SMILES string of the molecule is CCCCCCOc1cccc(O)c1.O=C(O)C#CCCC(=O)O. The van der Waals surface area contributed by atoms with Crippen LogP contribution >= 0.6 is 0 Å². The summed E-state index contributed by atoms with van der Waals surface area (Å²) >= 11 is 0. The molecule has 0 atom stereocenters. The van der Waals surface area contributed by atoms with Gasteiger partial charge in [-0.15, -0.1) is 0 Å². The zero-order valence-electron chi connectivity index (χ0n) is 13.8. The van der Waals surface area contributed by atoms with Gasteiger partial charge in [-0.1, -0.05) is 38.2 Å². The molecule has 24 heavy (non-hydrogen) atoms. The number of benzene rings is 1. The highest BCUT2D eigenvalue weighted by Gasteiger charge is 1.94. The fourth-order valence-electron chi connectivity index (χ4n) is 1.60. The Bertz CT molecular complexity index is 556. The van der Waals surface area contributed by atoms with Crippen molar-refractivity contribution in [3.8, 4) is 23.3 Å². The van der Waals surface area contributed by atoms with Crippen LogP contribution in [0.5, 0.6) is 11.5 Å². The normalized spacial score (nSPS) is 9.04. The molecule has 0 heterocycles. The average molecular weight is 336 g/mol. The Hall–Kier alpha value is -2.68. The summed E-state index contributed by atoms with van der Waals surface area (Å²) in [5.74, 6) is 2.80. The van der Waals surface area contributed by atoms with Gasteiger partial charge in [0.05, 0.1) is 13.0 Å². The summed E-state index contributed by atoms with van der Waals surface area (Å²) in [5, 5.41) is 25.2. The van der Waals surface area contributed by atoms with Crippen LogP contribution in [0.3, 0.4) is 0 Å². The van der Waals surface area contributed by atoms with Gasteiger partial charge in [0.1, 0.15) is 11.5 Å². The summed E-state index contributed by atoms with van der Waals surface area (Å²) in [5.41, 5.74) is 0. The van der Waals surface area contributed by atoms with Gasteiger partial charge in [0.15, 0.2) is 0 Å². The molecule has 1 aromatic rings. The highest BCUT2D eigenvalue weighted by atomic mass is 16.5. The number of hydrogen-bond acceptors (Lipinski definition) is 4. The number of aromatic hydroxyl groups is 1. The number of carboxylic acids is 2. The van der Waals surface area contributed by atoms with E-state index in [1.807, 2.05) is 6.07 Å². The second-order valence-electron chi connectivity index (χ2n) is 4.91. The van der Waals surface area contributed by atoms with E-state index in [2.05, 4.69) is 12.8 Å². The molecule has 0 fully saturated rings. The second-order valence-corrected chi connectivity index (χ2v) is 4.91. The Balaban J connectivity index is 0.000000470. The molecular weight excluding hydrogens is 312 g/mol. The lowest BCUT2D eigenvalue weighted by Gasteiger charge is -2.05. The predicted octanol–water partition coefficient (Wildman–Crippen LogP) is 3.29. The summed E-state index contributed by atoms with van der Waals surface area (Å²) in [4.78, 5) is 19.6. The number of phenolic OH excluding ortho intramolecular Hbond substituents is 1. The lowest BCUT2D eigenvalue weighted by molar-refractivity contribution is -0.137. The maximum Gasteiger partial charge on any atom is 0.381 e. The van der Waals surface area contributed by atoms with Crippen LogP contribution in [0.15, 0.2) is 24.3 Å². The summed E-state index contributed by atoms with van der Waals surface area (Å²) in [6.07, 6.45) is 4.79. The maximum atomic E-state index is 9.83. The molecule has 0 aliphatic rings. The minimum Gasteiger partial charge on any atom is -0.508 e. The van der Waals surface area contributed by atoms with Crippen molar-refractivity contribution in [3.63, 3.8) is 0 Å². The van der Waals surface area contributed by atoms with Crippen LogP contribution in [-0.4, -0.2) is 33.9 Å². The number of rotatable bonds is 8. The van der Waals surface area contributed by atoms with E-state index >= 15 is 0 Å². The molecule has 6 nitrogen and oxygen atoms in total. The molecular formula is C18H24O6. The molecule has 0 aliphatic heterocycles. The highest BCUT2D eigenvalue weighted by Crippen LogP contribution is 2.17. The summed E-state index contributed by atoms with van der Waals surface area (Å²) in [7, 11) is 0. The Morgan fingerprint density at radius 3 is 2.50 bits per heavy atom. The first-order valence-electron chi connectivity index (χ1n) is 7.81. The number of carbonyl (C=O) groups is 2. The van der Waals surface area contributed by atoms with Crippen molar-refractivity contribution in [2.45, 2.75) is 45.4 Å². The molecule has 0 aliphatic carbocycles. The molecule has 0 amide bonds. The molecule has 0 bridgehead atoms. The van der Waals surface area contributed by atoms with Crippen molar-refractivity contribution in [2.24, 2.45) is 0 Å². The average Bonchev–Trinajstić information content (AvgIpc) is 2.52. The van der Waals surface area contributed by atoms with Gasteiger partial charge in [-0.25, -0.2) is 4.79 Å². The summed E-state index contributed by atoms with van der Waals surface area (Å²) < 4.78 is 5.47. The highest BCUT2D eigenvalue weighted by molar-refractivity contribution is 5.86. The van der Waals surface area contributed by atoms with Gasteiger partial charge < -0.3 is 20.1 Å². The third-order valence-electron chi connectivity index (χ3n) is 2.74. The lowest BCUT2D eigenvalue weighted by Crippen LogP contribution is -1.96. The predicted molar refractivity (Wildman–Crippen MR) is 90.0 cm³/mol. The van der Waals surface area contributed by atoms with E-state index in [9.17, 15) is 14.7 Å². The smallest absolute Gasteiger partial charge is 0.381 e. The number of hydrogen-bond donors (Lipinski definition) is 3. The van der Waals surface area contributed by atoms with E-state index < -0.39 is 11.9 Å². The fourth-order valence-corrected chi connectivity index (χ4v) is 1.60. The largest absolute Gasteiger partial charge is 0.508 e. The maximum absolute atomic E-state index is 9.83. The van der Waals surface area contributed by atoms with Crippen LogP contribution in [0.4, 0.5) is 0 Å². The van der Waals surface area contributed by atoms with Gasteiger partial charge in [0.25, 0.3) is 0 Å². The first kappa shape index (κ1) is 21.3. The molecule has 0 radical (unpaired) electrons. The zero-order chi connectivity index (χ0) is 18.2. The van der Waals surface area contributed by atoms with E-state index in [0.717, 1.165) is 18.8 Å². The standard InChI is InChI=1S/C12H18O2.C6H6O4/c1-2-3-4-5-9-14-12-8-6-7-11(13)10-12;7-5(8)3-1-2-4-6(9)10/h6-8,10,13H,2-5,9H2,1H3;1,3H2,(H,7,8)(H,9,10). The van der Waals surface area contributed by atoms with Crippen LogP contribution < -0.4 is 4.74 Å². The van der Waals surface area contributed by atoms with Crippen molar-refractivity contribution in [1.82, 2.24) is 0 Å². The number of unbranched alkanes of at least 4 members (excludes halogenated alkanes) is 3. The van der Waals surface area contributed by atoms with Crippen molar-refractivity contribution in [3.05, 3.63) is 24.3 Å². The number of ether oxygens (including phenoxy) is 1. The van der Waals surface area contributed by atoms with Gasteiger partial charge in [0.2, 0.25) is 0 Å². The van der Waals surface area contributed by atoms with Crippen LogP contribution in [0, 0.1) is 11.8 Å².